The second kappa shape index (κ2) is 16.9. The molecule has 0 radical (unpaired) electrons. The number of nitrogens with one attached hydrogen (secondary N) is 2. The third-order valence-electron chi connectivity index (χ3n) is 11.5. The molecule has 3 aliphatic heterocycles. The van der Waals surface area contributed by atoms with Crippen LogP contribution in [0.25, 0.3) is 17.2 Å². The maximum atomic E-state index is 13.2. The van der Waals surface area contributed by atoms with Crippen LogP contribution < -0.4 is 15.5 Å². The highest BCUT2D eigenvalue weighted by Crippen LogP contribution is 2.32. The lowest BCUT2D eigenvalue weighted by Crippen LogP contribution is -2.53. The first-order valence-electron chi connectivity index (χ1n) is 20.4. The second-order valence-corrected chi connectivity index (χ2v) is 15.8. The van der Waals surface area contributed by atoms with Crippen LogP contribution in [0.5, 0.6) is 0 Å². The van der Waals surface area contributed by atoms with Gasteiger partial charge in [-0.15, -0.1) is 0 Å². The number of benzene rings is 1. The molecule has 0 spiro atoms. The standard InChI is InChI=1S/C42H48N12O6/c1-25(2)38-31(23-43-33-14-15-45-54(33)38)47-42(59)46-28-20-26(3)37(44-22-28)39-48-34(60-49-39)8-6-5-7-9-36(56)52-18-16-51(17-19-52)29-10-11-30-27(21-29)24-53(40(30)57)32-12-13-35(55)50(4)41(32)58/h10-11,14-15,20-23,25,32H,5-9,12-13,16-19,24H2,1-4H3,(H2,46,47,59). The number of piperazine rings is 1. The predicted molar refractivity (Wildman–Crippen MR) is 220 cm³/mol. The minimum absolute atomic E-state index is 0.0906. The molecule has 4 aromatic heterocycles. The molecule has 0 bridgehead atoms. The Balaban J connectivity index is 0.755. The summed E-state index contributed by atoms with van der Waals surface area (Å²) in [5.74, 6) is 0.356. The van der Waals surface area contributed by atoms with E-state index in [9.17, 15) is 24.0 Å². The highest BCUT2D eigenvalue weighted by molar-refractivity contribution is 6.05. The molecule has 60 heavy (non-hydrogen) atoms. The van der Waals surface area contributed by atoms with Crippen molar-refractivity contribution >= 4 is 52.4 Å². The van der Waals surface area contributed by atoms with Crippen LogP contribution in [0.3, 0.4) is 0 Å². The Bertz CT molecular complexity index is 2470. The number of amides is 6. The monoisotopic (exact) mass is 816 g/mol. The summed E-state index contributed by atoms with van der Waals surface area (Å²) < 4.78 is 7.24. The molecular weight excluding hydrogens is 769 g/mol. The predicted octanol–water partition coefficient (Wildman–Crippen LogP) is 4.81. The van der Waals surface area contributed by atoms with Crippen molar-refractivity contribution < 1.29 is 28.5 Å². The summed E-state index contributed by atoms with van der Waals surface area (Å²) in [6, 6.07) is 8.31. The van der Waals surface area contributed by atoms with Crippen molar-refractivity contribution in [2.45, 2.75) is 84.2 Å². The van der Waals surface area contributed by atoms with E-state index in [4.69, 9.17) is 4.52 Å². The Kier molecular flexibility index (Phi) is 11.3. The average Bonchev–Trinajstić information content (AvgIpc) is 3.99. The van der Waals surface area contributed by atoms with Crippen molar-refractivity contribution in [3.8, 4) is 11.5 Å². The van der Waals surface area contributed by atoms with Gasteiger partial charge in [0.05, 0.1) is 35.7 Å². The number of hydrogen-bond acceptors (Lipinski definition) is 12. The zero-order valence-corrected chi connectivity index (χ0v) is 34.2. The smallest absolute Gasteiger partial charge is 0.323 e. The van der Waals surface area contributed by atoms with Crippen molar-refractivity contribution in [1.29, 1.82) is 0 Å². The van der Waals surface area contributed by atoms with Gasteiger partial charge < -0.3 is 29.9 Å². The molecule has 1 unspecified atom stereocenters. The lowest BCUT2D eigenvalue weighted by molar-refractivity contribution is -0.150. The molecule has 6 amide bonds. The van der Waals surface area contributed by atoms with Gasteiger partial charge in [-0.25, -0.2) is 14.3 Å². The second-order valence-electron chi connectivity index (χ2n) is 15.8. The Morgan fingerprint density at radius 1 is 0.967 bits per heavy atom. The van der Waals surface area contributed by atoms with Gasteiger partial charge in [-0.1, -0.05) is 25.4 Å². The van der Waals surface area contributed by atoms with Gasteiger partial charge in [0.25, 0.3) is 11.8 Å². The van der Waals surface area contributed by atoms with E-state index in [-0.39, 0.29) is 36.0 Å². The maximum Gasteiger partial charge on any atom is 0.323 e. The van der Waals surface area contributed by atoms with Crippen molar-refractivity contribution in [3.63, 3.8) is 0 Å². The molecule has 8 rings (SSSR count). The molecule has 7 heterocycles. The summed E-state index contributed by atoms with van der Waals surface area (Å²) in [6.07, 6.45) is 8.84. The number of likely N-dealkylation sites (N-methyl/N-ethyl adjacent to an activating group) is 1. The number of aromatic nitrogens is 6. The number of nitrogens with zero attached hydrogens (tertiary/aromatic N) is 10. The molecule has 312 valence electrons. The largest absolute Gasteiger partial charge is 0.368 e. The first-order valence-corrected chi connectivity index (χ1v) is 20.4. The number of carbonyl (C=O) groups excluding carboxylic acids is 5. The highest BCUT2D eigenvalue weighted by atomic mass is 16.5. The molecule has 2 saturated heterocycles. The molecule has 3 aliphatic rings. The Morgan fingerprint density at radius 3 is 2.57 bits per heavy atom. The van der Waals surface area contributed by atoms with Crippen LogP contribution in [0.1, 0.15) is 91.4 Å². The lowest BCUT2D eigenvalue weighted by Gasteiger charge is -2.36. The number of pyridine rings is 1. The SMILES string of the molecule is Cc1cc(NC(=O)Nc2cnc3ccnn3c2C(C)C)cnc1-c1noc(CCCCCC(=O)N2CCN(c3ccc4c(c3)CN(C3CCC(=O)N(C)C3=O)C4=O)CC2)n1. The summed E-state index contributed by atoms with van der Waals surface area (Å²) in [5.41, 5.74) is 6.37. The number of piperidine rings is 1. The number of aryl methyl sites for hydroxylation is 2. The third kappa shape index (κ3) is 8.13. The van der Waals surface area contributed by atoms with Gasteiger partial charge in [0.2, 0.25) is 23.5 Å². The van der Waals surface area contributed by atoms with Crippen LogP contribution >= 0.6 is 0 Å². The number of likely N-dealkylation sites (tertiary alicyclic amines) is 1. The van der Waals surface area contributed by atoms with E-state index in [1.54, 1.807) is 34.1 Å². The molecular formula is C42H48N12O6. The molecule has 2 N–H and O–H groups in total. The van der Waals surface area contributed by atoms with Gasteiger partial charge in [-0.3, -0.25) is 29.1 Å². The summed E-state index contributed by atoms with van der Waals surface area (Å²) in [4.78, 5) is 84.2. The summed E-state index contributed by atoms with van der Waals surface area (Å²) in [5, 5.41) is 14.2. The van der Waals surface area contributed by atoms with Crippen LogP contribution in [0.4, 0.5) is 21.9 Å². The normalized spacial score (nSPS) is 16.9. The quantitative estimate of drug-likeness (QED) is 0.129. The number of anilines is 3. The zero-order valence-electron chi connectivity index (χ0n) is 34.2. The number of hydrogen-bond donors (Lipinski definition) is 2. The average molecular weight is 817 g/mol. The fraction of sp³-hybridized carbons (Fsp3) is 0.429. The van der Waals surface area contributed by atoms with E-state index in [0.717, 1.165) is 46.7 Å². The number of imide groups is 1. The van der Waals surface area contributed by atoms with Gasteiger partial charge in [-0.2, -0.15) is 10.1 Å². The van der Waals surface area contributed by atoms with E-state index in [1.165, 1.54) is 7.05 Å². The first kappa shape index (κ1) is 40.1. The molecule has 0 saturated carbocycles. The van der Waals surface area contributed by atoms with Crippen molar-refractivity contribution in [2.24, 2.45) is 0 Å². The van der Waals surface area contributed by atoms with Crippen LogP contribution in [0, 0.1) is 6.92 Å². The Morgan fingerprint density at radius 2 is 1.78 bits per heavy atom. The number of unbranched alkanes of at least 4 members (excludes halogenated alkanes) is 2. The van der Waals surface area contributed by atoms with Crippen molar-refractivity contribution in [2.75, 3.05) is 48.8 Å². The summed E-state index contributed by atoms with van der Waals surface area (Å²) >= 11 is 0. The molecule has 18 nitrogen and oxygen atoms in total. The fourth-order valence-electron chi connectivity index (χ4n) is 8.22. The van der Waals surface area contributed by atoms with Gasteiger partial charge in [0.15, 0.2) is 5.65 Å². The topological polar surface area (TPSA) is 204 Å². The minimum atomic E-state index is -0.629. The number of rotatable bonds is 12. The molecule has 2 fully saturated rings. The maximum absolute atomic E-state index is 13.2. The number of urea groups is 1. The van der Waals surface area contributed by atoms with Crippen LogP contribution in [-0.2, 0) is 27.3 Å². The van der Waals surface area contributed by atoms with E-state index in [2.05, 4.69) is 40.7 Å². The van der Waals surface area contributed by atoms with Crippen molar-refractivity contribution in [1.82, 2.24) is 44.4 Å². The zero-order chi connectivity index (χ0) is 42.1. The van der Waals surface area contributed by atoms with E-state index >= 15 is 0 Å². The van der Waals surface area contributed by atoms with Gasteiger partial charge in [0.1, 0.15) is 11.7 Å². The van der Waals surface area contributed by atoms with Crippen LogP contribution in [-0.4, -0.2) is 113 Å². The molecule has 18 heteroatoms. The van der Waals surface area contributed by atoms with Gasteiger partial charge in [-0.05, 0) is 67.5 Å². The van der Waals surface area contributed by atoms with E-state index in [1.807, 2.05) is 49.9 Å². The van der Waals surface area contributed by atoms with Gasteiger partial charge >= 0.3 is 6.03 Å². The Labute approximate surface area is 346 Å². The summed E-state index contributed by atoms with van der Waals surface area (Å²) in [6.45, 7) is 8.83. The molecule has 5 aromatic rings. The number of carbonyl (C=O) groups is 5. The highest BCUT2D eigenvalue weighted by Gasteiger charge is 2.41. The molecule has 1 atom stereocenters. The molecule has 0 aliphatic carbocycles. The molecule has 1 aromatic carbocycles. The summed E-state index contributed by atoms with van der Waals surface area (Å²) in [7, 11) is 1.47. The van der Waals surface area contributed by atoms with Gasteiger partial charge in [0, 0.05) is 76.4 Å². The Hall–Kier alpha value is -6.72. The van der Waals surface area contributed by atoms with Crippen LogP contribution in [0.2, 0.25) is 0 Å². The van der Waals surface area contributed by atoms with Crippen LogP contribution in [0.15, 0.2) is 53.4 Å². The fourth-order valence-corrected chi connectivity index (χ4v) is 8.22. The minimum Gasteiger partial charge on any atom is -0.368 e. The number of fused-ring (bicyclic) bond motifs is 2. The van der Waals surface area contributed by atoms with E-state index < -0.39 is 12.1 Å². The van der Waals surface area contributed by atoms with Crippen molar-refractivity contribution in [3.05, 3.63) is 77.2 Å². The lowest BCUT2D eigenvalue weighted by atomic mass is 10.0. The first-order chi connectivity index (χ1) is 28.9. The third-order valence-corrected chi connectivity index (χ3v) is 11.5. The van der Waals surface area contributed by atoms with E-state index in [0.29, 0.717) is 92.0 Å².